The average molecular weight is 223 g/mol. The number of primary amides is 1. The smallest absolute Gasteiger partial charge is 0.248 e. The van der Waals surface area contributed by atoms with E-state index in [4.69, 9.17) is 18.0 Å². The lowest BCUT2D eigenvalue weighted by Gasteiger charge is -2.08. The van der Waals surface area contributed by atoms with Crippen molar-refractivity contribution in [2.75, 3.05) is 11.9 Å². The number of nitrogens with two attached hydrogens (primary N) is 1. The molecule has 0 fully saturated rings. The Kier molecular flexibility index (Phi) is 4.05. The Labute approximate surface area is 93.9 Å². The van der Waals surface area contributed by atoms with Gasteiger partial charge in [0.15, 0.2) is 5.11 Å². The van der Waals surface area contributed by atoms with Crippen molar-refractivity contribution in [3.8, 4) is 0 Å². The first-order valence-corrected chi connectivity index (χ1v) is 4.99. The number of carbonyl (C=O) groups is 1. The van der Waals surface area contributed by atoms with E-state index in [0.717, 1.165) is 12.2 Å². The molecule has 0 unspecified atom stereocenters. The molecule has 0 radical (unpaired) electrons. The minimum absolute atomic E-state index is 0.434. The fourth-order valence-corrected chi connectivity index (χ4v) is 1.32. The highest BCUT2D eigenvalue weighted by atomic mass is 32.1. The Balaban J connectivity index is 2.64. The molecule has 15 heavy (non-hydrogen) atoms. The summed E-state index contributed by atoms with van der Waals surface area (Å²) in [6.07, 6.45) is 0. The van der Waals surface area contributed by atoms with Gasteiger partial charge in [0.1, 0.15) is 0 Å². The second-order valence-electron chi connectivity index (χ2n) is 2.93. The number of amides is 1. The van der Waals surface area contributed by atoms with Crippen LogP contribution in [0.1, 0.15) is 17.3 Å². The van der Waals surface area contributed by atoms with Gasteiger partial charge in [-0.1, -0.05) is 0 Å². The zero-order valence-corrected chi connectivity index (χ0v) is 9.23. The Morgan fingerprint density at radius 2 is 2.00 bits per heavy atom. The summed E-state index contributed by atoms with van der Waals surface area (Å²) in [4.78, 5) is 10.8. The minimum Gasteiger partial charge on any atom is -0.366 e. The molecule has 0 saturated heterocycles. The largest absolute Gasteiger partial charge is 0.366 e. The van der Waals surface area contributed by atoms with Gasteiger partial charge in [-0.2, -0.15) is 0 Å². The molecule has 0 saturated carbocycles. The average Bonchev–Trinajstić information content (AvgIpc) is 2.18. The normalized spacial score (nSPS) is 9.40. The molecule has 1 rings (SSSR count). The Bertz CT molecular complexity index is 361. The summed E-state index contributed by atoms with van der Waals surface area (Å²) < 4.78 is 0. The van der Waals surface area contributed by atoms with Crippen molar-refractivity contribution in [3.63, 3.8) is 0 Å². The molecule has 4 nitrogen and oxygen atoms in total. The number of benzene rings is 1. The topological polar surface area (TPSA) is 67.2 Å². The highest BCUT2D eigenvalue weighted by Crippen LogP contribution is 2.08. The molecule has 0 aliphatic rings. The maximum Gasteiger partial charge on any atom is 0.248 e. The summed E-state index contributed by atoms with van der Waals surface area (Å²) in [5, 5.41) is 6.50. The van der Waals surface area contributed by atoms with E-state index in [1.807, 2.05) is 6.92 Å². The molecule has 80 valence electrons. The summed E-state index contributed by atoms with van der Waals surface area (Å²) >= 11 is 5.01. The number of anilines is 1. The summed E-state index contributed by atoms with van der Waals surface area (Å²) in [5.74, 6) is -0.434. The van der Waals surface area contributed by atoms with E-state index in [1.165, 1.54) is 0 Å². The maximum atomic E-state index is 10.8. The lowest BCUT2D eigenvalue weighted by molar-refractivity contribution is 0.100. The predicted molar refractivity (Wildman–Crippen MR) is 64.9 cm³/mol. The van der Waals surface area contributed by atoms with Gasteiger partial charge >= 0.3 is 0 Å². The molecule has 0 bridgehead atoms. The van der Waals surface area contributed by atoms with Gasteiger partial charge in [-0.3, -0.25) is 4.79 Å². The zero-order chi connectivity index (χ0) is 11.3. The second kappa shape index (κ2) is 5.31. The first-order valence-electron chi connectivity index (χ1n) is 4.58. The Morgan fingerprint density at radius 3 is 2.47 bits per heavy atom. The van der Waals surface area contributed by atoms with Crippen LogP contribution in [0.3, 0.4) is 0 Å². The Hall–Kier alpha value is -1.62. The van der Waals surface area contributed by atoms with Crippen molar-refractivity contribution in [3.05, 3.63) is 29.8 Å². The van der Waals surface area contributed by atoms with Crippen LogP contribution in [0.15, 0.2) is 24.3 Å². The van der Waals surface area contributed by atoms with Gasteiger partial charge in [0.05, 0.1) is 0 Å². The molecule has 1 amide bonds. The van der Waals surface area contributed by atoms with Crippen molar-refractivity contribution in [1.29, 1.82) is 0 Å². The zero-order valence-electron chi connectivity index (χ0n) is 8.41. The molecule has 1 aromatic carbocycles. The molecule has 0 aromatic heterocycles. The number of hydrogen-bond donors (Lipinski definition) is 3. The van der Waals surface area contributed by atoms with Crippen LogP contribution >= 0.6 is 12.2 Å². The van der Waals surface area contributed by atoms with Crippen LogP contribution in [0.4, 0.5) is 5.69 Å². The fraction of sp³-hybridized carbons (Fsp3) is 0.200. The summed E-state index contributed by atoms with van der Waals surface area (Å²) in [6, 6.07) is 6.81. The van der Waals surface area contributed by atoms with E-state index in [1.54, 1.807) is 24.3 Å². The van der Waals surface area contributed by atoms with Crippen molar-refractivity contribution in [1.82, 2.24) is 5.32 Å². The van der Waals surface area contributed by atoms with Gasteiger partial charge in [-0.25, -0.2) is 0 Å². The Morgan fingerprint density at radius 1 is 1.40 bits per heavy atom. The van der Waals surface area contributed by atoms with Crippen LogP contribution in [-0.2, 0) is 0 Å². The maximum absolute atomic E-state index is 10.8. The van der Waals surface area contributed by atoms with E-state index < -0.39 is 5.91 Å². The molecule has 0 atom stereocenters. The van der Waals surface area contributed by atoms with Crippen LogP contribution in [0.5, 0.6) is 0 Å². The molecule has 4 N–H and O–H groups in total. The number of nitrogens with one attached hydrogen (secondary N) is 2. The minimum atomic E-state index is -0.434. The molecule has 0 spiro atoms. The molecular formula is C10H13N3OS. The lowest BCUT2D eigenvalue weighted by atomic mass is 10.2. The van der Waals surface area contributed by atoms with Crippen molar-refractivity contribution in [2.24, 2.45) is 5.73 Å². The molecule has 0 aliphatic heterocycles. The van der Waals surface area contributed by atoms with Gasteiger partial charge < -0.3 is 16.4 Å². The van der Waals surface area contributed by atoms with E-state index in [-0.39, 0.29) is 0 Å². The molecule has 0 heterocycles. The highest BCUT2D eigenvalue weighted by Gasteiger charge is 2.00. The van der Waals surface area contributed by atoms with Crippen LogP contribution in [0.25, 0.3) is 0 Å². The number of hydrogen-bond acceptors (Lipinski definition) is 2. The highest BCUT2D eigenvalue weighted by molar-refractivity contribution is 7.80. The standard InChI is InChI=1S/C10H13N3OS/c1-2-12-10(15)13-8-5-3-7(4-6-8)9(11)14/h3-6H,2H2,1H3,(H2,11,14)(H2,12,13,15). The summed E-state index contributed by atoms with van der Waals surface area (Å²) in [7, 11) is 0. The third-order valence-corrected chi connectivity index (χ3v) is 2.01. The van der Waals surface area contributed by atoms with Crippen molar-refractivity contribution < 1.29 is 4.79 Å². The third-order valence-electron chi connectivity index (χ3n) is 1.76. The molecule has 0 aliphatic carbocycles. The van der Waals surface area contributed by atoms with Gasteiger partial charge in [0.2, 0.25) is 5.91 Å². The number of thiocarbonyl (C=S) groups is 1. The van der Waals surface area contributed by atoms with Gasteiger partial charge in [-0.05, 0) is 43.4 Å². The quantitative estimate of drug-likeness (QED) is 0.671. The number of carbonyl (C=O) groups excluding carboxylic acids is 1. The van der Waals surface area contributed by atoms with Gasteiger partial charge in [0, 0.05) is 17.8 Å². The second-order valence-corrected chi connectivity index (χ2v) is 3.33. The first kappa shape index (κ1) is 11.5. The molecule has 5 heteroatoms. The van der Waals surface area contributed by atoms with E-state index in [9.17, 15) is 4.79 Å². The monoisotopic (exact) mass is 223 g/mol. The van der Waals surface area contributed by atoms with Crippen LogP contribution in [-0.4, -0.2) is 17.6 Å². The summed E-state index contributed by atoms with van der Waals surface area (Å²) in [5.41, 5.74) is 6.42. The van der Waals surface area contributed by atoms with E-state index in [2.05, 4.69) is 10.6 Å². The van der Waals surface area contributed by atoms with Crippen molar-refractivity contribution >= 4 is 28.9 Å². The first-order chi connectivity index (χ1) is 7.13. The van der Waals surface area contributed by atoms with Crippen LogP contribution < -0.4 is 16.4 Å². The van der Waals surface area contributed by atoms with E-state index >= 15 is 0 Å². The molecular weight excluding hydrogens is 210 g/mol. The van der Waals surface area contributed by atoms with Crippen molar-refractivity contribution in [2.45, 2.75) is 6.92 Å². The predicted octanol–water partition coefficient (Wildman–Crippen LogP) is 1.09. The van der Waals surface area contributed by atoms with Crippen LogP contribution in [0.2, 0.25) is 0 Å². The van der Waals surface area contributed by atoms with Crippen LogP contribution in [0, 0.1) is 0 Å². The van der Waals surface area contributed by atoms with Gasteiger partial charge in [0.25, 0.3) is 0 Å². The summed E-state index contributed by atoms with van der Waals surface area (Å²) in [6.45, 7) is 2.73. The van der Waals surface area contributed by atoms with E-state index in [0.29, 0.717) is 10.7 Å². The molecule has 1 aromatic rings. The van der Waals surface area contributed by atoms with Gasteiger partial charge in [-0.15, -0.1) is 0 Å². The third kappa shape index (κ3) is 3.55. The lowest BCUT2D eigenvalue weighted by Crippen LogP contribution is -2.27. The SMILES string of the molecule is CCNC(=S)Nc1ccc(C(N)=O)cc1. The fourth-order valence-electron chi connectivity index (χ4n) is 1.05. The number of rotatable bonds is 3.